The number of aromatic nitrogens is 1. The lowest BCUT2D eigenvalue weighted by molar-refractivity contribution is -0.380. The van der Waals surface area contributed by atoms with Crippen molar-refractivity contribution in [1.82, 2.24) is 4.98 Å². The zero-order valence-electron chi connectivity index (χ0n) is 18.7. The van der Waals surface area contributed by atoms with E-state index < -0.39 is 10.8 Å². The highest BCUT2D eigenvalue weighted by molar-refractivity contribution is 7.18. The van der Waals surface area contributed by atoms with Crippen molar-refractivity contribution in [2.24, 2.45) is 0 Å². The largest absolute Gasteiger partial charge is 0.496 e. The predicted molar refractivity (Wildman–Crippen MR) is 130 cm³/mol. The molecule has 1 amide bonds. The van der Waals surface area contributed by atoms with Crippen LogP contribution in [0.25, 0.3) is 27.7 Å². The molecule has 0 radical (unpaired) electrons. The Morgan fingerprint density at radius 3 is 2.76 bits per heavy atom. The molecule has 1 N–H and O–H groups in total. The summed E-state index contributed by atoms with van der Waals surface area (Å²) < 4.78 is 17.1. The van der Waals surface area contributed by atoms with E-state index in [0.29, 0.717) is 34.8 Å². The fourth-order valence-electron chi connectivity index (χ4n) is 3.54. The number of allylic oxidation sites excluding steroid dienone is 1. The van der Waals surface area contributed by atoms with E-state index in [1.807, 2.05) is 37.3 Å². The Morgan fingerprint density at radius 2 is 2.06 bits per heavy atom. The molecule has 2 aromatic carbocycles. The molecule has 0 aliphatic heterocycles. The van der Waals surface area contributed by atoms with Gasteiger partial charge in [0.15, 0.2) is 5.13 Å². The van der Waals surface area contributed by atoms with Gasteiger partial charge in [-0.05, 0) is 42.9 Å². The highest BCUT2D eigenvalue weighted by Gasteiger charge is 2.18. The second-order valence-corrected chi connectivity index (χ2v) is 8.21. The number of hydrogen-bond donors (Lipinski definition) is 1. The van der Waals surface area contributed by atoms with Gasteiger partial charge in [-0.15, -0.1) is 0 Å². The summed E-state index contributed by atoms with van der Waals surface area (Å²) in [7, 11) is 1.61. The van der Waals surface area contributed by atoms with Crippen LogP contribution >= 0.6 is 11.3 Å². The van der Waals surface area contributed by atoms with Crippen LogP contribution in [0.5, 0.6) is 11.5 Å². The Kier molecular flexibility index (Phi) is 6.60. The summed E-state index contributed by atoms with van der Waals surface area (Å²) in [6.45, 7) is 4.09. The van der Waals surface area contributed by atoms with Gasteiger partial charge in [-0.3, -0.25) is 20.2 Å². The normalized spacial score (nSPS) is 11.4. The molecule has 0 fully saturated rings. The molecule has 4 rings (SSSR count). The van der Waals surface area contributed by atoms with Crippen LogP contribution in [-0.4, -0.2) is 29.5 Å². The molecule has 2 aromatic heterocycles. The molecule has 0 aliphatic rings. The molecular formula is C24H21N3O6S. The Balaban J connectivity index is 1.72. The Morgan fingerprint density at radius 1 is 1.26 bits per heavy atom. The minimum atomic E-state index is -0.553. The highest BCUT2D eigenvalue weighted by Crippen LogP contribution is 2.40. The molecule has 0 saturated carbocycles. The standard InChI is InChI=1S/C24H21N3O6S/c1-4-32-20-11-21-17(18(13-33-21)15-7-5-6-8-19(15)31-3)10-16(20)14(2)9-22(28)26-24-25-12-23(34-24)27(29)30/h5-13H,4H2,1-3H3,(H,25,26,28)/b14-9+. The lowest BCUT2D eigenvalue weighted by Gasteiger charge is -2.12. The number of amides is 1. The van der Waals surface area contributed by atoms with Gasteiger partial charge in [0.25, 0.3) is 0 Å². The van der Waals surface area contributed by atoms with Crippen LogP contribution < -0.4 is 14.8 Å². The average Bonchev–Trinajstić information content (AvgIpc) is 3.45. The Labute approximate surface area is 198 Å². The topological polar surface area (TPSA) is 117 Å². The molecule has 0 saturated heterocycles. The van der Waals surface area contributed by atoms with Gasteiger partial charge in [0.05, 0.1) is 24.9 Å². The molecule has 0 bridgehead atoms. The van der Waals surface area contributed by atoms with E-state index in [-0.39, 0.29) is 10.1 Å². The smallest absolute Gasteiger partial charge is 0.345 e. The van der Waals surface area contributed by atoms with Crippen molar-refractivity contribution < 1.29 is 23.6 Å². The van der Waals surface area contributed by atoms with E-state index in [4.69, 9.17) is 13.9 Å². The molecule has 0 atom stereocenters. The summed E-state index contributed by atoms with van der Waals surface area (Å²) >= 11 is 0.789. The van der Waals surface area contributed by atoms with Gasteiger partial charge in [0.1, 0.15) is 23.3 Å². The maximum Gasteiger partial charge on any atom is 0.345 e. The van der Waals surface area contributed by atoms with Gasteiger partial charge in [-0.25, -0.2) is 4.98 Å². The van der Waals surface area contributed by atoms with Crippen molar-refractivity contribution in [3.63, 3.8) is 0 Å². The number of furan rings is 1. The highest BCUT2D eigenvalue weighted by atomic mass is 32.1. The van der Waals surface area contributed by atoms with E-state index in [1.54, 1.807) is 26.4 Å². The maximum atomic E-state index is 12.6. The number of para-hydroxylation sites is 1. The third-order valence-corrected chi connectivity index (χ3v) is 5.91. The minimum Gasteiger partial charge on any atom is -0.496 e. The van der Waals surface area contributed by atoms with Gasteiger partial charge >= 0.3 is 5.00 Å². The summed E-state index contributed by atoms with van der Waals surface area (Å²) in [5.74, 6) is 0.827. The van der Waals surface area contributed by atoms with Gasteiger partial charge in [-0.2, -0.15) is 0 Å². The Hall–Kier alpha value is -4.18. The first kappa shape index (κ1) is 23.0. The minimum absolute atomic E-state index is 0.148. The maximum absolute atomic E-state index is 12.6. The number of nitrogens with one attached hydrogen (secondary N) is 1. The van der Waals surface area contributed by atoms with Crippen LogP contribution in [0.2, 0.25) is 0 Å². The van der Waals surface area contributed by atoms with E-state index in [0.717, 1.165) is 34.0 Å². The second-order valence-electron chi connectivity index (χ2n) is 7.20. The Bertz CT molecular complexity index is 1400. The van der Waals surface area contributed by atoms with Crippen molar-refractivity contribution in [2.45, 2.75) is 13.8 Å². The summed E-state index contributed by atoms with van der Waals surface area (Å²) in [6, 6.07) is 11.4. The number of rotatable bonds is 8. The zero-order valence-corrected chi connectivity index (χ0v) is 19.5. The van der Waals surface area contributed by atoms with Crippen LogP contribution in [0.3, 0.4) is 0 Å². The number of fused-ring (bicyclic) bond motifs is 1. The van der Waals surface area contributed by atoms with Crippen molar-refractivity contribution in [2.75, 3.05) is 19.0 Å². The zero-order chi connectivity index (χ0) is 24.2. The molecule has 2 heterocycles. The van der Waals surface area contributed by atoms with Crippen LogP contribution in [0.4, 0.5) is 10.1 Å². The molecule has 174 valence electrons. The van der Waals surface area contributed by atoms with E-state index >= 15 is 0 Å². The van der Waals surface area contributed by atoms with Gasteiger partial charge < -0.3 is 13.9 Å². The first-order valence-corrected chi connectivity index (χ1v) is 11.1. The number of anilines is 1. The van der Waals surface area contributed by atoms with E-state index in [1.165, 1.54) is 6.08 Å². The van der Waals surface area contributed by atoms with E-state index in [2.05, 4.69) is 10.3 Å². The van der Waals surface area contributed by atoms with Crippen molar-refractivity contribution in [1.29, 1.82) is 0 Å². The number of nitro groups is 1. The molecule has 0 unspecified atom stereocenters. The SMILES string of the molecule is CCOc1cc2occ(-c3ccccc3OC)c2cc1/C(C)=C/C(=O)Nc1ncc([N+](=O)[O-])s1. The summed E-state index contributed by atoms with van der Waals surface area (Å²) in [5, 5.41) is 14.2. The van der Waals surface area contributed by atoms with Crippen LogP contribution in [0, 0.1) is 10.1 Å². The molecule has 34 heavy (non-hydrogen) atoms. The molecule has 4 aromatic rings. The summed E-state index contributed by atoms with van der Waals surface area (Å²) in [5.41, 5.74) is 3.72. The van der Waals surface area contributed by atoms with Crippen LogP contribution in [-0.2, 0) is 4.79 Å². The van der Waals surface area contributed by atoms with Gasteiger partial charge in [0, 0.05) is 34.2 Å². The first-order chi connectivity index (χ1) is 16.4. The third kappa shape index (κ3) is 4.62. The van der Waals surface area contributed by atoms with Crippen molar-refractivity contribution in [3.8, 4) is 22.6 Å². The quantitative estimate of drug-likeness (QED) is 0.189. The molecular weight excluding hydrogens is 458 g/mol. The number of thiazole rings is 1. The van der Waals surface area contributed by atoms with Crippen LogP contribution in [0.1, 0.15) is 19.4 Å². The van der Waals surface area contributed by atoms with Gasteiger partial charge in [-0.1, -0.05) is 18.2 Å². The molecule has 9 nitrogen and oxygen atoms in total. The number of hydrogen-bond acceptors (Lipinski definition) is 8. The first-order valence-electron chi connectivity index (χ1n) is 10.3. The monoisotopic (exact) mass is 479 g/mol. The molecule has 0 spiro atoms. The van der Waals surface area contributed by atoms with Crippen molar-refractivity contribution in [3.05, 3.63) is 70.6 Å². The van der Waals surface area contributed by atoms with E-state index in [9.17, 15) is 14.9 Å². The number of nitrogens with zero attached hydrogens (tertiary/aromatic N) is 2. The third-order valence-electron chi connectivity index (χ3n) is 5.05. The predicted octanol–water partition coefficient (Wildman–Crippen LogP) is 5.91. The molecule has 0 aliphatic carbocycles. The lowest BCUT2D eigenvalue weighted by atomic mass is 9.98. The summed E-state index contributed by atoms with van der Waals surface area (Å²) in [4.78, 5) is 26.7. The summed E-state index contributed by atoms with van der Waals surface area (Å²) in [6.07, 6.45) is 4.18. The number of carbonyl (C=O) groups is 1. The van der Waals surface area contributed by atoms with Crippen molar-refractivity contribution >= 4 is 43.9 Å². The number of carbonyl (C=O) groups excluding carboxylic acids is 1. The fourth-order valence-corrected chi connectivity index (χ4v) is 4.17. The van der Waals surface area contributed by atoms with Crippen LogP contribution in [0.15, 0.2) is 59.4 Å². The number of ether oxygens (including phenoxy) is 2. The van der Waals surface area contributed by atoms with Gasteiger partial charge in [0.2, 0.25) is 5.91 Å². The lowest BCUT2D eigenvalue weighted by Crippen LogP contribution is -2.08. The second kappa shape index (κ2) is 9.75. The fraction of sp³-hybridized carbons (Fsp3) is 0.167. The number of benzene rings is 2. The molecule has 10 heteroatoms. The average molecular weight is 480 g/mol. The number of methoxy groups -OCH3 is 1.